The van der Waals surface area contributed by atoms with Gasteiger partial charge in [-0.25, -0.2) is 4.98 Å². The van der Waals surface area contributed by atoms with Gasteiger partial charge in [-0.3, -0.25) is 9.78 Å². The van der Waals surface area contributed by atoms with Gasteiger partial charge in [0.05, 0.1) is 11.0 Å². The van der Waals surface area contributed by atoms with Crippen LogP contribution in [0.2, 0.25) is 10.0 Å². The Hall–Kier alpha value is -2.89. The molecule has 29 heavy (non-hydrogen) atoms. The first-order valence-corrected chi connectivity index (χ1v) is 9.94. The van der Waals surface area contributed by atoms with Crippen molar-refractivity contribution in [3.05, 3.63) is 93.5 Å². The molecule has 2 aromatic carbocycles. The number of carbonyl (C=O) groups is 1. The van der Waals surface area contributed by atoms with E-state index in [0.717, 1.165) is 34.4 Å². The first-order chi connectivity index (χ1) is 14.1. The standard InChI is InChI=1S/C22H18Cl2N4O/c23-17-4-1-5-18(24)16(17)12-21-27-19-7-6-15(11-20(19)28-21)22(29)26-10-8-14-3-2-9-25-13-14/h1-7,9,11,13H,8,10,12H2,(H,26,29)(H,27,28). The Labute approximate surface area is 178 Å². The van der Waals surface area contributed by atoms with Crippen molar-refractivity contribution in [2.24, 2.45) is 0 Å². The normalized spacial score (nSPS) is 11.0. The topological polar surface area (TPSA) is 70.7 Å². The number of imidazole rings is 1. The molecular weight excluding hydrogens is 407 g/mol. The summed E-state index contributed by atoms with van der Waals surface area (Å²) in [7, 11) is 0. The van der Waals surface area contributed by atoms with Gasteiger partial charge in [0.15, 0.2) is 0 Å². The van der Waals surface area contributed by atoms with E-state index in [-0.39, 0.29) is 5.91 Å². The fourth-order valence-electron chi connectivity index (χ4n) is 3.12. The van der Waals surface area contributed by atoms with Crippen molar-refractivity contribution in [3.63, 3.8) is 0 Å². The molecule has 0 aliphatic heterocycles. The number of benzene rings is 2. The molecule has 0 saturated heterocycles. The minimum absolute atomic E-state index is 0.124. The lowest BCUT2D eigenvalue weighted by Crippen LogP contribution is -2.25. The number of rotatable bonds is 6. The molecule has 2 aromatic heterocycles. The van der Waals surface area contributed by atoms with E-state index in [4.69, 9.17) is 23.2 Å². The number of nitrogens with zero attached hydrogens (tertiary/aromatic N) is 2. The van der Waals surface area contributed by atoms with Crippen molar-refractivity contribution in [1.82, 2.24) is 20.3 Å². The molecule has 4 aromatic rings. The Kier molecular flexibility index (Phi) is 5.79. The van der Waals surface area contributed by atoms with E-state index in [1.165, 1.54) is 0 Å². The van der Waals surface area contributed by atoms with Crippen LogP contribution in [0.4, 0.5) is 0 Å². The minimum atomic E-state index is -0.124. The first-order valence-electron chi connectivity index (χ1n) is 9.19. The second-order valence-corrected chi connectivity index (χ2v) is 7.47. The lowest BCUT2D eigenvalue weighted by Gasteiger charge is -2.05. The van der Waals surface area contributed by atoms with Gasteiger partial charge in [-0.2, -0.15) is 0 Å². The number of pyridine rings is 1. The minimum Gasteiger partial charge on any atom is -0.352 e. The van der Waals surface area contributed by atoms with Crippen molar-refractivity contribution < 1.29 is 4.79 Å². The van der Waals surface area contributed by atoms with Crippen LogP contribution in [0.25, 0.3) is 11.0 Å². The van der Waals surface area contributed by atoms with Gasteiger partial charge in [-0.15, -0.1) is 0 Å². The second-order valence-electron chi connectivity index (χ2n) is 6.66. The monoisotopic (exact) mass is 424 g/mol. The Bertz CT molecular complexity index is 1140. The number of halogens is 2. The van der Waals surface area contributed by atoms with Crippen molar-refractivity contribution in [1.29, 1.82) is 0 Å². The van der Waals surface area contributed by atoms with Crippen molar-refractivity contribution in [3.8, 4) is 0 Å². The van der Waals surface area contributed by atoms with E-state index in [1.807, 2.05) is 24.3 Å². The molecule has 0 aliphatic rings. The summed E-state index contributed by atoms with van der Waals surface area (Å²) in [6.07, 6.45) is 4.75. The Morgan fingerprint density at radius 3 is 2.66 bits per heavy atom. The lowest BCUT2D eigenvalue weighted by molar-refractivity contribution is 0.0954. The molecule has 2 heterocycles. The van der Waals surface area contributed by atoms with Gasteiger partial charge in [-0.05, 0) is 53.9 Å². The van der Waals surface area contributed by atoms with E-state index in [1.54, 1.807) is 36.7 Å². The average molecular weight is 425 g/mol. The summed E-state index contributed by atoms with van der Waals surface area (Å²) >= 11 is 12.5. The highest BCUT2D eigenvalue weighted by Gasteiger charge is 2.12. The van der Waals surface area contributed by atoms with Gasteiger partial charge in [0, 0.05) is 41.0 Å². The molecule has 146 valence electrons. The van der Waals surface area contributed by atoms with Crippen LogP contribution in [0.3, 0.4) is 0 Å². The van der Waals surface area contributed by atoms with E-state index >= 15 is 0 Å². The van der Waals surface area contributed by atoms with E-state index in [9.17, 15) is 4.79 Å². The SMILES string of the molecule is O=C(NCCc1cccnc1)c1ccc2nc(Cc3c(Cl)cccc3Cl)[nH]c2c1. The second kappa shape index (κ2) is 8.64. The molecule has 0 unspecified atom stereocenters. The van der Waals surface area contributed by atoms with Gasteiger partial charge in [0.1, 0.15) is 5.82 Å². The summed E-state index contributed by atoms with van der Waals surface area (Å²) in [6, 6.07) is 14.7. The zero-order valence-electron chi connectivity index (χ0n) is 15.5. The smallest absolute Gasteiger partial charge is 0.251 e. The maximum atomic E-state index is 12.5. The highest BCUT2D eigenvalue weighted by molar-refractivity contribution is 6.36. The van der Waals surface area contributed by atoms with E-state index < -0.39 is 0 Å². The molecular formula is C22H18Cl2N4O. The summed E-state index contributed by atoms with van der Waals surface area (Å²) in [5.74, 6) is 0.616. The number of amides is 1. The zero-order chi connectivity index (χ0) is 20.2. The average Bonchev–Trinajstić information content (AvgIpc) is 3.13. The number of hydrogen-bond donors (Lipinski definition) is 2. The maximum Gasteiger partial charge on any atom is 0.251 e. The van der Waals surface area contributed by atoms with Crippen LogP contribution < -0.4 is 5.32 Å². The number of nitrogens with one attached hydrogen (secondary N) is 2. The molecule has 2 N–H and O–H groups in total. The van der Waals surface area contributed by atoms with Gasteiger partial charge in [-0.1, -0.05) is 35.3 Å². The molecule has 0 radical (unpaired) electrons. The largest absolute Gasteiger partial charge is 0.352 e. The molecule has 0 saturated carbocycles. The van der Waals surface area contributed by atoms with E-state index in [2.05, 4.69) is 20.3 Å². The summed E-state index contributed by atoms with van der Waals surface area (Å²) in [4.78, 5) is 24.4. The number of H-pyrrole nitrogens is 1. The Balaban J connectivity index is 1.46. The van der Waals surface area contributed by atoms with Crippen molar-refractivity contribution >= 4 is 40.1 Å². The third kappa shape index (κ3) is 4.58. The van der Waals surface area contributed by atoms with Crippen LogP contribution in [0.15, 0.2) is 60.9 Å². The van der Waals surface area contributed by atoms with Crippen LogP contribution >= 0.6 is 23.2 Å². The van der Waals surface area contributed by atoms with Crippen LogP contribution in [-0.2, 0) is 12.8 Å². The molecule has 0 spiro atoms. The number of carbonyl (C=O) groups excluding carboxylic acids is 1. The Morgan fingerprint density at radius 2 is 1.90 bits per heavy atom. The van der Waals surface area contributed by atoms with Crippen LogP contribution in [0.5, 0.6) is 0 Å². The van der Waals surface area contributed by atoms with E-state index in [0.29, 0.717) is 28.6 Å². The number of aromatic amines is 1. The van der Waals surface area contributed by atoms with Gasteiger partial charge in [0.25, 0.3) is 5.91 Å². The number of fused-ring (bicyclic) bond motifs is 1. The fraction of sp³-hybridized carbons (Fsp3) is 0.136. The van der Waals surface area contributed by atoms with Gasteiger partial charge in [0.2, 0.25) is 0 Å². The summed E-state index contributed by atoms with van der Waals surface area (Å²) < 4.78 is 0. The predicted molar refractivity (Wildman–Crippen MR) is 116 cm³/mol. The number of hydrogen-bond acceptors (Lipinski definition) is 3. The van der Waals surface area contributed by atoms with Crippen LogP contribution in [-0.4, -0.2) is 27.4 Å². The molecule has 0 aliphatic carbocycles. The molecule has 0 bridgehead atoms. The fourth-order valence-corrected chi connectivity index (χ4v) is 3.66. The van der Waals surface area contributed by atoms with Crippen LogP contribution in [0.1, 0.15) is 27.3 Å². The van der Waals surface area contributed by atoms with Crippen molar-refractivity contribution in [2.75, 3.05) is 6.54 Å². The van der Waals surface area contributed by atoms with Gasteiger partial charge < -0.3 is 10.3 Å². The first kappa shape index (κ1) is 19.4. The molecule has 0 fully saturated rings. The Morgan fingerprint density at radius 1 is 1.07 bits per heavy atom. The molecule has 5 nitrogen and oxygen atoms in total. The lowest BCUT2D eigenvalue weighted by atomic mass is 10.1. The predicted octanol–water partition coefficient (Wildman–Crippen LogP) is 4.83. The maximum absolute atomic E-state index is 12.5. The quantitative estimate of drug-likeness (QED) is 0.465. The van der Waals surface area contributed by atoms with Crippen molar-refractivity contribution in [2.45, 2.75) is 12.8 Å². The summed E-state index contributed by atoms with van der Waals surface area (Å²) in [5.41, 5.74) is 4.07. The third-order valence-electron chi connectivity index (χ3n) is 4.62. The molecule has 4 rings (SSSR count). The zero-order valence-corrected chi connectivity index (χ0v) is 17.0. The molecule has 0 atom stereocenters. The highest BCUT2D eigenvalue weighted by atomic mass is 35.5. The summed E-state index contributed by atoms with van der Waals surface area (Å²) in [6.45, 7) is 0.543. The highest BCUT2D eigenvalue weighted by Crippen LogP contribution is 2.27. The van der Waals surface area contributed by atoms with Gasteiger partial charge >= 0.3 is 0 Å². The molecule has 1 amide bonds. The molecule has 7 heteroatoms. The number of aromatic nitrogens is 3. The third-order valence-corrected chi connectivity index (χ3v) is 5.33. The van der Waals surface area contributed by atoms with Crippen LogP contribution in [0, 0.1) is 0 Å². The summed E-state index contributed by atoms with van der Waals surface area (Å²) in [5, 5.41) is 4.14.